The van der Waals surface area contributed by atoms with E-state index in [1.54, 1.807) is 0 Å². The van der Waals surface area contributed by atoms with E-state index in [4.69, 9.17) is 16.1 Å². The van der Waals surface area contributed by atoms with Gasteiger partial charge in [0.25, 0.3) is 5.89 Å². The topological polar surface area (TPSA) is 80.9 Å². The van der Waals surface area contributed by atoms with Crippen molar-refractivity contribution in [1.82, 2.24) is 20.4 Å². The number of amides is 1. The fraction of sp³-hybridized carbons (Fsp3) is 0.294. The molecule has 1 amide bonds. The van der Waals surface area contributed by atoms with E-state index in [0.29, 0.717) is 16.7 Å². The summed E-state index contributed by atoms with van der Waals surface area (Å²) in [6.45, 7) is 6.99. The van der Waals surface area contributed by atoms with Crippen LogP contribution in [0.5, 0.6) is 0 Å². The average Bonchev–Trinajstić information content (AvgIpc) is 3.13. The molecule has 130 valence electrons. The highest BCUT2D eigenvalue weighted by atomic mass is 35.5. The van der Waals surface area contributed by atoms with E-state index in [0.717, 1.165) is 21.1 Å². The van der Waals surface area contributed by atoms with E-state index < -0.39 is 5.54 Å². The van der Waals surface area contributed by atoms with Crippen molar-refractivity contribution in [3.8, 4) is 21.3 Å². The molecular weight excluding hydrogens is 360 g/mol. The maximum absolute atomic E-state index is 11.3. The predicted octanol–water partition coefficient (Wildman–Crippen LogP) is 4.19. The summed E-state index contributed by atoms with van der Waals surface area (Å²) in [5.74, 6) is 0.650. The Morgan fingerprint density at radius 1 is 1.24 bits per heavy atom. The molecule has 0 saturated carbocycles. The number of aromatic nitrogens is 3. The van der Waals surface area contributed by atoms with Gasteiger partial charge < -0.3 is 9.84 Å². The smallest absolute Gasteiger partial charge is 0.270 e. The van der Waals surface area contributed by atoms with Crippen LogP contribution in [0.2, 0.25) is 5.02 Å². The summed E-state index contributed by atoms with van der Waals surface area (Å²) in [7, 11) is 0. The molecule has 2 aromatic heterocycles. The van der Waals surface area contributed by atoms with Crippen LogP contribution < -0.4 is 5.32 Å². The number of aryl methyl sites for hydroxylation is 1. The predicted molar refractivity (Wildman–Crippen MR) is 97.4 cm³/mol. The molecule has 0 unspecified atom stereocenters. The van der Waals surface area contributed by atoms with Gasteiger partial charge in [0.1, 0.15) is 9.88 Å². The van der Waals surface area contributed by atoms with E-state index in [1.807, 2.05) is 45.0 Å². The molecule has 8 heteroatoms. The Labute approximate surface area is 154 Å². The van der Waals surface area contributed by atoms with Gasteiger partial charge in [0.15, 0.2) is 5.82 Å². The number of halogens is 1. The Bertz CT molecular complexity index is 915. The molecule has 0 saturated heterocycles. The summed E-state index contributed by atoms with van der Waals surface area (Å²) >= 11 is 7.40. The van der Waals surface area contributed by atoms with Crippen LogP contribution in [0.4, 0.5) is 0 Å². The summed E-state index contributed by atoms with van der Waals surface area (Å²) in [5.41, 5.74) is 1.06. The standard InChI is InChI=1S/C17H17ClN4O2S/c1-9-13(25-15(19-9)11-5-7-12(18)8-6-11)14-20-16(22-24-14)17(3,4)21-10(2)23/h5-8H,1-4H3,(H,21,23). The quantitative estimate of drug-likeness (QED) is 0.738. The van der Waals surface area contributed by atoms with Crippen LogP contribution in [0.25, 0.3) is 21.3 Å². The van der Waals surface area contributed by atoms with Gasteiger partial charge in [-0.2, -0.15) is 4.98 Å². The monoisotopic (exact) mass is 376 g/mol. The number of rotatable bonds is 4. The van der Waals surface area contributed by atoms with Crippen molar-refractivity contribution >= 4 is 28.8 Å². The molecule has 2 heterocycles. The molecule has 0 fully saturated rings. The number of hydrogen-bond donors (Lipinski definition) is 1. The summed E-state index contributed by atoms with van der Waals surface area (Å²) in [5, 5.41) is 8.35. The highest BCUT2D eigenvalue weighted by Crippen LogP contribution is 2.35. The van der Waals surface area contributed by atoms with Crippen molar-refractivity contribution < 1.29 is 9.32 Å². The minimum Gasteiger partial charge on any atom is -0.344 e. The fourth-order valence-electron chi connectivity index (χ4n) is 2.38. The number of thiazole rings is 1. The van der Waals surface area contributed by atoms with Crippen LogP contribution in [0, 0.1) is 6.92 Å². The molecule has 0 aliphatic heterocycles. The van der Waals surface area contributed by atoms with E-state index in [2.05, 4.69) is 20.4 Å². The van der Waals surface area contributed by atoms with Crippen LogP contribution in [-0.4, -0.2) is 21.0 Å². The number of carbonyl (C=O) groups excluding carboxylic acids is 1. The molecule has 1 N–H and O–H groups in total. The van der Waals surface area contributed by atoms with Crippen LogP contribution in [0.15, 0.2) is 28.8 Å². The lowest BCUT2D eigenvalue weighted by molar-refractivity contribution is -0.120. The molecule has 0 aliphatic carbocycles. The van der Waals surface area contributed by atoms with Crippen LogP contribution in [0.3, 0.4) is 0 Å². The number of nitrogens with zero attached hydrogens (tertiary/aromatic N) is 3. The number of hydrogen-bond acceptors (Lipinski definition) is 6. The Balaban J connectivity index is 1.93. The molecule has 0 radical (unpaired) electrons. The van der Waals surface area contributed by atoms with Gasteiger partial charge in [-0.15, -0.1) is 11.3 Å². The molecule has 0 bridgehead atoms. The van der Waals surface area contributed by atoms with Gasteiger partial charge in [-0.25, -0.2) is 4.98 Å². The van der Waals surface area contributed by atoms with Crippen molar-refractivity contribution in [1.29, 1.82) is 0 Å². The maximum atomic E-state index is 11.3. The molecule has 0 spiro atoms. The highest BCUT2D eigenvalue weighted by molar-refractivity contribution is 7.18. The summed E-state index contributed by atoms with van der Waals surface area (Å²) in [6.07, 6.45) is 0. The SMILES string of the molecule is CC(=O)NC(C)(C)c1noc(-c2sc(-c3ccc(Cl)cc3)nc2C)n1. The number of nitrogens with one attached hydrogen (secondary N) is 1. The van der Waals surface area contributed by atoms with Gasteiger partial charge in [0.05, 0.1) is 11.2 Å². The van der Waals surface area contributed by atoms with Crippen LogP contribution >= 0.6 is 22.9 Å². The summed E-state index contributed by atoms with van der Waals surface area (Å²) in [6, 6.07) is 7.50. The highest BCUT2D eigenvalue weighted by Gasteiger charge is 2.28. The molecule has 6 nitrogen and oxygen atoms in total. The molecule has 3 aromatic rings. The largest absolute Gasteiger partial charge is 0.344 e. The second kappa shape index (κ2) is 6.57. The lowest BCUT2D eigenvalue weighted by Crippen LogP contribution is -2.40. The normalized spacial score (nSPS) is 11.6. The second-order valence-electron chi connectivity index (χ2n) is 6.17. The summed E-state index contributed by atoms with van der Waals surface area (Å²) in [4.78, 5) is 21.2. The first kappa shape index (κ1) is 17.6. The Kier molecular flexibility index (Phi) is 4.62. The third-order valence-electron chi connectivity index (χ3n) is 3.56. The van der Waals surface area contributed by atoms with E-state index in [9.17, 15) is 4.79 Å². The van der Waals surface area contributed by atoms with Gasteiger partial charge in [-0.05, 0) is 32.9 Å². The van der Waals surface area contributed by atoms with Crippen molar-refractivity contribution in [3.63, 3.8) is 0 Å². The van der Waals surface area contributed by atoms with Gasteiger partial charge in [0, 0.05) is 17.5 Å². The van der Waals surface area contributed by atoms with Gasteiger partial charge >= 0.3 is 0 Å². The van der Waals surface area contributed by atoms with Gasteiger partial charge in [-0.1, -0.05) is 28.9 Å². The third-order valence-corrected chi connectivity index (χ3v) is 5.00. The van der Waals surface area contributed by atoms with Gasteiger partial charge in [-0.3, -0.25) is 4.79 Å². The van der Waals surface area contributed by atoms with Crippen molar-refractivity contribution in [3.05, 3.63) is 40.8 Å². The second-order valence-corrected chi connectivity index (χ2v) is 7.61. The van der Waals surface area contributed by atoms with Crippen molar-refractivity contribution in [2.45, 2.75) is 33.2 Å². The Morgan fingerprint density at radius 2 is 1.92 bits per heavy atom. The van der Waals surface area contributed by atoms with E-state index >= 15 is 0 Å². The molecule has 0 aliphatic rings. The first-order valence-electron chi connectivity index (χ1n) is 7.63. The number of benzene rings is 1. The minimum absolute atomic E-state index is 0.157. The molecule has 25 heavy (non-hydrogen) atoms. The van der Waals surface area contributed by atoms with Crippen LogP contribution in [0.1, 0.15) is 32.3 Å². The van der Waals surface area contributed by atoms with Gasteiger partial charge in [0.2, 0.25) is 5.91 Å². The minimum atomic E-state index is -0.717. The molecule has 0 atom stereocenters. The average molecular weight is 377 g/mol. The van der Waals surface area contributed by atoms with E-state index in [-0.39, 0.29) is 5.91 Å². The van der Waals surface area contributed by atoms with Crippen molar-refractivity contribution in [2.24, 2.45) is 0 Å². The molecular formula is C17H17ClN4O2S. The Morgan fingerprint density at radius 3 is 2.56 bits per heavy atom. The first-order chi connectivity index (χ1) is 11.8. The first-order valence-corrected chi connectivity index (χ1v) is 8.82. The zero-order valence-corrected chi connectivity index (χ0v) is 15.8. The molecule has 1 aromatic carbocycles. The zero-order valence-electron chi connectivity index (χ0n) is 14.3. The number of carbonyl (C=O) groups is 1. The lowest BCUT2D eigenvalue weighted by Gasteiger charge is -2.20. The van der Waals surface area contributed by atoms with Crippen molar-refractivity contribution in [2.75, 3.05) is 0 Å². The fourth-order valence-corrected chi connectivity index (χ4v) is 3.50. The lowest BCUT2D eigenvalue weighted by atomic mass is 10.1. The van der Waals surface area contributed by atoms with Crippen LogP contribution in [-0.2, 0) is 10.3 Å². The molecule has 3 rings (SSSR count). The Hall–Kier alpha value is -2.25. The maximum Gasteiger partial charge on any atom is 0.270 e. The van der Waals surface area contributed by atoms with E-state index in [1.165, 1.54) is 18.3 Å². The zero-order chi connectivity index (χ0) is 18.2. The third kappa shape index (κ3) is 3.72. The summed E-state index contributed by atoms with van der Waals surface area (Å²) < 4.78 is 5.40.